The molecule has 1 heterocycles. The van der Waals surface area contributed by atoms with Gasteiger partial charge in [0, 0.05) is 13.1 Å². The van der Waals surface area contributed by atoms with E-state index in [0.29, 0.717) is 0 Å². The van der Waals surface area contributed by atoms with E-state index in [1.807, 2.05) is 0 Å². The molecular formula is C12H11N3O5. The molecule has 2 aromatic rings. The summed E-state index contributed by atoms with van der Waals surface area (Å²) < 4.78 is 7.08. The van der Waals surface area contributed by atoms with E-state index in [0.717, 1.165) is 11.8 Å². The Morgan fingerprint density at radius 1 is 1.55 bits per heavy atom. The second-order valence-electron chi connectivity index (χ2n) is 4.03. The van der Waals surface area contributed by atoms with E-state index >= 15 is 0 Å². The number of ether oxygens (including phenoxy) is 1. The Kier molecular flexibility index (Phi) is 3.65. The number of nitrogens with zero attached hydrogens (tertiary/aromatic N) is 3. The maximum absolute atomic E-state index is 10.9. The highest BCUT2D eigenvalue weighted by molar-refractivity contribution is 5.88. The van der Waals surface area contributed by atoms with Gasteiger partial charge in [-0.05, 0) is 12.1 Å². The van der Waals surface area contributed by atoms with E-state index in [2.05, 4.69) is 4.98 Å². The van der Waals surface area contributed by atoms with Gasteiger partial charge in [-0.15, -0.1) is 0 Å². The van der Waals surface area contributed by atoms with E-state index in [-0.39, 0.29) is 23.6 Å². The molecule has 1 aromatic heterocycles. The lowest BCUT2D eigenvalue weighted by molar-refractivity contribution is -0.386. The van der Waals surface area contributed by atoms with Crippen molar-refractivity contribution < 1.29 is 19.6 Å². The van der Waals surface area contributed by atoms with Crippen LogP contribution in [0.15, 0.2) is 30.7 Å². The number of carboxylic acids is 1. The molecule has 0 radical (unpaired) electrons. The third kappa shape index (κ3) is 2.74. The van der Waals surface area contributed by atoms with Gasteiger partial charge < -0.3 is 14.4 Å². The van der Waals surface area contributed by atoms with Crippen LogP contribution in [0.5, 0.6) is 5.75 Å². The second kappa shape index (κ2) is 5.39. The minimum Gasteiger partial charge on any atom is -0.480 e. The largest absolute Gasteiger partial charge is 0.480 e. The Labute approximate surface area is 113 Å². The molecule has 0 aliphatic heterocycles. The summed E-state index contributed by atoms with van der Waals surface area (Å²) in [6.45, 7) is 0.101. The smallest absolute Gasteiger partial charge is 0.335 e. The maximum Gasteiger partial charge on any atom is 0.335 e. The van der Waals surface area contributed by atoms with Crippen molar-refractivity contribution in [1.29, 1.82) is 0 Å². The molecule has 0 saturated heterocycles. The van der Waals surface area contributed by atoms with Crippen LogP contribution in [-0.2, 0) is 13.7 Å². The molecule has 0 atom stereocenters. The SMILES string of the molecule is Cn1cncc1COc1ccc(C(=O)O)cc1[N+](=O)[O-]. The highest BCUT2D eigenvalue weighted by Gasteiger charge is 2.18. The zero-order valence-corrected chi connectivity index (χ0v) is 10.5. The van der Waals surface area contributed by atoms with Gasteiger partial charge in [0.15, 0.2) is 5.75 Å². The number of carbonyl (C=O) groups is 1. The van der Waals surface area contributed by atoms with Gasteiger partial charge in [0.1, 0.15) is 6.61 Å². The van der Waals surface area contributed by atoms with Crippen LogP contribution < -0.4 is 4.74 Å². The molecule has 1 aromatic carbocycles. The van der Waals surface area contributed by atoms with Crippen molar-refractivity contribution in [3.8, 4) is 5.75 Å². The van der Waals surface area contributed by atoms with Crippen LogP contribution in [0.3, 0.4) is 0 Å². The number of imidazole rings is 1. The zero-order chi connectivity index (χ0) is 14.7. The fourth-order valence-electron chi connectivity index (χ4n) is 1.59. The van der Waals surface area contributed by atoms with E-state index in [1.54, 1.807) is 24.1 Å². The molecule has 0 amide bonds. The minimum atomic E-state index is -1.23. The maximum atomic E-state index is 10.9. The highest BCUT2D eigenvalue weighted by atomic mass is 16.6. The van der Waals surface area contributed by atoms with Gasteiger partial charge >= 0.3 is 11.7 Å². The Bertz CT molecular complexity index is 665. The number of aryl methyl sites for hydroxylation is 1. The first kappa shape index (κ1) is 13.5. The molecule has 1 N–H and O–H groups in total. The summed E-state index contributed by atoms with van der Waals surface area (Å²) in [6, 6.07) is 3.51. The number of hydrogen-bond donors (Lipinski definition) is 1. The summed E-state index contributed by atoms with van der Waals surface area (Å²) >= 11 is 0. The molecular weight excluding hydrogens is 266 g/mol. The molecule has 2 rings (SSSR count). The Balaban J connectivity index is 2.25. The van der Waals surface area contributed by atoms with Crippen molar-refractivity contribution in [2.24, 2.45) is 7.05 Å². The predicted molar refractivity (Wildman–Crippen MR) is 67.6 cm³/mol. The molecule has 20 heavy (non-hydrogen) atoms. The van der Waals surface area contributed by atoms with Crippen molar-refractivity contribution in [2.45, 2.75) is 6.61 Å². The molecule has 0 saturated carbocycles. The molecule has 0 spiro atoms. The van der Waals surface area contributed by atoms with Gasteiger partial charge in [0.2, 0.25) is 0 Å². The van der Waals surface area contributed by atoms with Gasteiger partial charge in [-0.2, -0.15) is 0 Å². The number of nitro benzene ring substituents is 1. The number of benzene rings is 1. The van der Waals surface area contributed by atoms with Crippen molar-refractivity contribution in [1.82, 2.24) is 9.55 Å². The summed E-state index contributed by atoms with van der Waals surface area (Å²) in [7, 11) is 1.77. The highest BCUT2D eigenvalue weighted by Crippen LogP contribution is 2.28. The lowest BCUT2D eigenvalue weighted by Gasteiger charge is -2.07. The van der Waals surface area contributed by atoms with Crippen LogP contribution in [0.25, 0.3) is 0 Å². The summed E-state index contributed by atoms with van der Waals surface area (Å²) in [4.78, 5) is 25.0. The van der Waals surface area contributed by atoms with Crippen LogP contribution in [0.2, 0.25) is 0 Å². The third-order valence-corrected chi connectivity index (χ3v) is 2.69. The summed E-state index contributed by atoms with van der Waals surface area (Å²) in [6.07, 6.45) is 3.16. The lowest BCUT2D eigenvalue weighted by Crippen LogP contribution is -2.04. The molecule has 0 unspecified atom stereocenters. The molecule has 104 valence electrons. The Morgan fingerprint density at radius 2 is 2.30 bits per heavy atom. The van der Waals surface area contributed by atoms with Gasteiger partial charge in [0.25, 0.3) is 0 Å². The molecule has 0 bridgehead atoms. The number of rotatable bonds is 5. The average molecular weight is 277 g/mol. The average Bonchev–Trinajstić information content (AvgIpc) is 2.81. The number of nitro groups is 1. The molecule has 8 heteroatoms. The van der Waals surface area contributed by atoms with Gasteiger partial charge in [-0.25, -0.2) is 9.78 Å². The summed E-state index contributed by atoms with van der Waals surface area (Å²) in [5.41, 5.74) is 0.193. The van der Waals surface area contributed by atoms with Gasteiger partial charge in [-0.3, -0.25) is 10.1 Å². The molecule has 8 nitrogen and oxygen atoms in total. The fourth-order valence-corrected chi connectivity index (χ4v) is 1.59. The zero-order valence-electron chi connectivity index (χ0n) is 10.5. The molecule has 0 fully saturated rings. The van der Waals surface area contributed by atoms with Crippen LogP contribution in [0, 0.1) is 10.1 Å². The molecule has 0 aliphatic carbocycles. The van der Waals surface area contributed by atoms with Crippen LogP contribution in [0.4, 0.5) is 5.69 Å². The quantitative estimate of drug-likeness (QED) is 0.657. The second-order valence-corrected chi connectivity index (χ2v) is 4.03. The van der Waals surface area contributed by atoms with Crippen molar-refractivity contribution in [3.63, 3.8) is 0 Å². The lowest BCUT2D eigenvalue weighted by atomic mass is 10.2. The predicted octanol–water partition coefficient (Wildman–Crippen LogP) is 1.61. The van der Waals surface area contributed by atoms with Crippen molar-refractivity contribution in [3.05, 3.63) is 52.1 Å². The van der Waals surface area contributed by atoms with Crippen LogP contribution in [0.1, 0.15) is 16.1 Å². The number of carboxylic acid groups (broad SMARTS) is 1. The fraction of sp³-hybridized carbons (Fsp3) is 0.167. The monoisotopic (exact) mass is 277 g/mol. The first-order valence-electron chi connectivity index (χ1n) is 5.58. The van der Waals surface area contributed by atoms with Crippen molar-refractivity contribution >= 4 is 11.7 Å². The Morgan fingerprint density at radius 3 is 2.85 bits per heavy atom. The number of aromatic nitrogens is 2. The Hall–Kier alpha value is -2.90. The van der Waals surface area contributed by atoms with Crippen LogP contribution >= 0.6 is 0 Å². The number of hydrogen-bond acceptors (Lipinski definition) is 5. The van der Waals surface area contributed by atoms with E-state index in [9.17, 15) is 14.9 Å². The first-order chi connectivity index (χ1) is 9.49. The number of aromatic carboxylic acids is 1. The van der Waals surface area contributed by atoms with E-state index in [1.165, 1.54) is 12.1 Å². The van der Waals surface area contributed by atoms with Gasteiger partial charge in [-0.1, -0.05) is 0 Å². The topological polar surface area (TPSA) is 107 Å². The van der Waals surface area contributed by atoms with E-state index in [4.69, 9.17) is 9.84 Å². The van der Waals surface area contributed by atoms with E-state index < -0.39 is 10.9 Å². The van der Waals surface area contributed by atoms with Crippen molar-refractivity contribution in [2.75, 3.05) is 0 Å². The van der Waals surface area contributed by atoms with Gasteiger partial charge in [0.05, 0.1) is 28.7 Å². The minimum absolute atomic E-state index is 0.0150. The first-order valence-corrected chi connectivity index (χ1v) is 5.58. The van der Waals surface area contributed by atoms with Crippen LogP contribution in [-0.4, -0.2) is 25.6 Å². The normalized spacial score (nSPS) is 10.2. The summed E-state index contributed by atoms with van der Waals surface area (Å²) in [5.74, 6) is -1.22. The standard InChI is InChI=1S/C12H11N3O5/c1-14-7-13-5-9(14)6-20-11-3-2-8(12(16)17)4-10(11)15(18)19/h2-5,7H,6H2,1H3,(H,16,17). The summed E-state index contributed by atoms with van der Waals surface area (Å²) in [5, 5.41) is 19.8. The molecule has 0 aliphatic rings. The third-order valence-electron chi connectivity index (χ3n) is 2.69.